The zero-order chi connectivity index (χ0) is 14.8. The van der Waals surface area contributed by atoms with Gasteiger partial charge in [-0.3, -0.25) is 4.79 Å². The van der Waals surface area contributed by atoms with Gasteiger partial charge in [-0.2, -0.15) is 0 Å². The van der Waals surface area contributed by atoms with Gasteiger partial charge in [0.1, 0.15) is 5.75 Å². The molecule has 0 heterocycles. The minimum absolute atomic E-state index is 0.0640. The van der Waals surface area contributed by atoms with E-state index in [1.165, 1.54) is 18.2 Å². The van der Waals surface area contributed by atoms with Crippen LogP contribution in [0.2, 0.25) is 5.02 Å². The SMILES string of the molecule is COc1cc(Cl)ccc1C(=O)NC1CCc2ccccc21. The molecule has 3 rings (SSSR count). The molecule has 1 amide bonds. The molecule has 4 heteroatoms. The molecule has 1 aliphatic rings. The normalized spacial score (nSPS) is 16.4. The Hall–Kier alpha value is -2.00. The summed E-state index contributed by atoms with van der Waals surface area (Å²) in [5.74, 6) is 0.358. The van der Waals surface area contributed by atoms with Gasteiger partial charge >= 0.3 is 0 Å². The van der Waals surface area contributed by atoms with E-state index < -0.39 is 0 Å². The fraction of sp³-hybridized carbons (Fsp3) is 0.235. The molecule has 0 saturated heterocycles. The molecule has 0 saturated carbocycles. The highest BCUT2D eigenvalue weighted by Gasteiger charge is 2.24. The molecule has 0 fully saturated rings. The van der Waals surface area contributed by atoms with E-state index in [1.54, 1.807) is 18.2 Å². The highest BCUT2D eigenvalue weighted by Crippen LogP contribution is 2.31. The first-order valence-electron chi connectivity index (χ1n) is 6.91. The van der Waals surface area contributed by atoms with Gasteiger partial charge in [0.25, 0.3) is 5.91 Å². The van der Waals surface area contributed by atoms with Crippen molar-refractivity contribution in [2.24, 2.45) is 0 Å². The standard InChI is InChI=1S/C17H16ClNO2/c1-21-16-10-12(18)7-8-14(16)17(20)19-15-9-6-11-4-2-3-5-13(11)15/h2-5,7-8,10,15H,6,9H2,1H3,(H,19,20). The number of carbonyl (C=O) groups is 1. The van der Waals surface area contributed by atoms with E-state index in [9.17, 15) is 4.79 Å². The van der Waals surface area contributed by atoms with Gasteiger partial charge in [-0.25, -0.2) is 0 Å². The molecule has 0 bridgehead atoms. The van der Waals surface area contributed by atoms with Crippen molar-refractivity contribution < 1.29 is 9.53 Å². The topological polar surface area (TPSA) is 38.3 Å². The van der Waals surface area contributed by atoms with Crippen LogP contribution in [-0.2, 0) is 6.42 Å². The Morgan fingerprint density at radius 3 is 2.90 bits per heavy atom. The van der Waals surface area contributed by atoms with Crippen LogP contribution >= 0.6 is 11.6 Å². The van der Waals surface area contributed by atoms with Crippen molar-refractivity contribution in [3.05, 3.63) is 64.2 Å². The van der Waals surface area contributed by atoms with Gasteiger partial charge in [-0.1, -0.05) is 35.9 Å². The Balaban J connectivity index is 1.82. The Morgan fingerprint density at radius 2 is 2.10 bits per heavy atom. The number of benzene rings is 2. The molecule has 2 aromatic carbocycles. The van der Waals surface area contributed by atoms with E-state index in [0.29, 0.717) is 16.3 Å². The molecule has 21 heavy (non-hydrogen) atoms. The predicted octanol–water partition coefficient (Wildman–Crippen LogP) is 3.77. The number of nitrogens with one attached hydrogen (secondary N) is 1. The fourth-order valence-electron chi connectivity index (χ4n) is 2.80. The number of hydrogen-bond donors (Lipinski definition) is 1. The Kier molecular flexibility index (Phi) is 3.84. The minimum Gasteiger partial charge on any atom is -0.496 e. The van der Waals surface area contributed by atoms with E-state index in [1.807, 2.05) is 12.1 Å². The number of halogens is 1. The van der Waals surface area contributed by atoms with E-state index >= 15 is 0 Å². The molecule has 0 spiro atoms. The number of fused-ring (bicyclic) bond motifs is 1. The predicted molar refractivity (Wildman–Crippen MR) is 83.0 cm³/mol. The number of hydrogen-bond acceptors (Lipinski definition) is 2. The van der Waals surface area contributed by atoms with Gasteiger partial charge in [0.15, 0.2) is 0 Å². The van der Waals surface area contributed by atoms with E-state index in [2.05, 4.69) is 17.4 Å². The van der Waals surface area contributed by atoms with Crippen molar-refractivity contribution in [1.29, 1.82) is 0 Å². The second-order valence-electron chi connectivity index (χ2n) is 5.11. The van der Waals surface area contributed by atoms with Gasteiger partial charge in [-0.05, 0) is 42.2 Å². The van der Waals surface area contributed by atoms with Crippen LogP contribution in [0.3, 0.4) is 0 Å². The van der Waals surface area contributed by atoms with Crippen molar-refractivity contribution in [3.8, 4) is 5.75 Å². The first-order valence-corrected chi connectivity index (χ1v) is 7.29. The highest BCUT2D eigenvalue weighted by atomic mass is 35.5. The maximum atomic E-state index is 12.5. The van der Waals surface area contributed by atoms with Gasteiger partial charge < -0.3 is 10.1 Å². The molecule has 1 N–H and O–H groups in total. The lowest BCUT2D eigenvalue weighted by molar-refractivity contribution is 0.0933. The molecule has 1 aliphatic carbocycles. The third-order valence-electron chi connectivity index (χ3n) is 3.85. The van der Waals surface area contributed by atoms with E-state index in [4.69, 9.17) is 16.3 Å². The number of methoxy groups -OCH3 is 1. The van der Waals surface area contributed by atoms with Gasteiger partial charge in [0.2, 0.25) is 0 Å². The summed E-state index contributed by atoms with van der Waals surface area (Å²) in [6.45, 7) is 0. The third kappa shape index (κ3) is 2.74. The Bertz CT molecular complexity index is 684. The first-order chi connectivity index (χ1) is 10.2. The first kappa shape index (κ1) is 14.0. The number of ether oxygens (including phenoxy) is 1. The maximum Gasteiger partial charge on any atom is 0.255 e. The molecule has 0 radical (unpaired) electrons. The summed E-state index contributed by atoms with van der Waals surface area (Å²) in [5, 5.41) is 3.63. The number of aryl methyl sites for hydroxylation is 1. The summed E-state index contributed by atoms with van der Waals surface area (Å²) in [7, 11) is 1.54. The third-order valence-corrected chi connectivity index (χ3v) is 4.08. The number of carbonyl (C=O) groups excluding carboxylic acids is 1. The van der Waals surface area contributed by atoms with Crippen molar-refractivity contribution in [1.82, 2.24) is 5.32 Å². The maximum absolute atomic E-state index is 12.5. The minimum atomic E-state index is -0.134. The summed E-state index contributed by atoms with van der Waals surface area (Å²) >= 11 is 5.93. The lowest BCUT2D eigenvalue weighted by Gasteiger charge is -2.15. The summed E-state index contributed by atoms with van der Waals surface area (Å²) in [6, 6.07) is 13.3. The van der Waals surface area contributed by atoms with Crippen molar-refractivity contribution >= 4 is 17.5 Å². The van der Waals surface area contributed by atoms with Gasteiger partial charge in [-0.15, -0.1) is 0 Å². The van der Waals surface area contributed by atoms with Crippen LogP contribution in [-0.4, -0.2) is 13.0 Å². The van der Waals surface area contributed by atoms with Gasteiger partial charge in [0.05, 0.1) is 18.7 Å². The van der Waals surface area contributed by atoms with Crippen LogP contribution < -0.4 is 10.1 Å². The van der Waals surface area contributed by atoms with E-state index in [-0.39, 0.29) is 11.9 Å². The highest BCUT2D eigenvalue weighted by molar-refractivity contribution is 6.30. The molecule has 0 aromatic heterocycles. The molecule has 0 aliphatic heterocycles. The van der Waals surface area contributed by atoms with Crippen LogP contribution in [0.15, 0.2) is 42.5 Å². The van der Waals surface area contributed by atoms with E-state index in [0.717, 1.165) is 12.8 Å². The van der Waals surface area contributed by atoms with Crippen LogP contribution in [0.4, 0.5) is 0 Å². The van der Waals surface area contributed by atoms with Crippen LogP contribution in [0.1, 0.15) is 33.9 Å². The number of rotatable bonds is 3. The largest absolute Gasteiger partial charge is 0.496 e. The van der Waals surface area contributed by atoms with Crippen molar-refractivity contribution in [3.63, 3.8) is 0 Å². The second-order valence-corrected chi connectivity index (χ2v) is 5.54. The summed E-state index contributed by atoms with van der Waals surface area (Å²) in [4.78, 5) is 12.5. The molecule has 1 atom stereocenters. The van der Waals surface area contributed by atoms with Crippen LogP contribution in [0.5, 0.6) is 5.75 Å². The summed E-state index contributed by atoms with van der Waals surface area (Å²) < 4.78 is 5.24. The zero-order valence-electron chi connectivity index (χ0n) is 11.7. The molecule has 108 valence electrons. The molecule has 2 aromatic rings. The Morgan fingerprint density at radius 1 is 1.29 bits per heavy atom. The van der Waals surface area contributed by atoms with Gasteiger partial charge in [0, 0.05) is 5.02 Å². The second kappa shape index (κ2) is 5.78. The van der Waals surface area contributed by atoms with Crippen LogP contribution in [0, 0.1) is 0 Å². The van der Waals surface area contributed by atoms with Crippen molar-refractivity contribution in [2.45, 2.75) is 18.9 Å². The summed E-state index contributed by atoms with van der Waals surface area (Å²) in [5.41, 5.74) is 3.02. The smallest absolute Gasteiger partial charge is 0.255 e. The fourth-order valence-corrected chi connectivity index (χ4v) is 2.96. The average molecular weight is 302 g/mol. The molecular weight excluding hydrogens is 286 g/mol. The zero-order valence-corrected chi connectivity index (χ0v) is 12.5. The quantitative estimate of drug-likeness (QED) is 0.937. The van der Waals surface area contributed by atoms with Crippen LogP contribution in [0.25, 0.3) is 0 Å². The lowest BCUT2D eigenvalue weighted by Crippen LogP contribution is -2.27. The number of amides is 1. The van der Waals surface area contributed by atoms with Crippen molar-refractivity contribution in [2.75, 3.05) is 7.11 Å². The molecule has 1 unspecified atom stereocenters. The molecular formula is C17H16ClNO2. The average Bonchev–Trinajstić information content (AvgIpc) is 2.90. The Labute approximate surface area is 128 Å². The monoisotopic (exact) mass is 301 g/mol. The summed E-state index contributed by atoms with van der Waals surface area (Å²) in [6.07, 6.45) is 1.93. The lowest BCUT2D eigenvalue weighted by atomic mass is 10.1. The molecule has 3 nitrogen and oxygen atoms in total.